The molecule has 2 aromatic carbocycles. The molecule has 140 valence electrons. The molecule has 1 aromatic heterocycles. The van der Waals surface area contributed by atoms with Crippen molar-refractivity contribution in [3.63, 3.8) is 0 Å². The van der Waals surface area contributed by atoms with Gasteiger partial charge >= 0.3 is 0 Å². The Hall–Kier alpha value is -3.42. The van der Waals surface area contributed by atoms with Crippen LogP contribution in [0.25, 0.3) is 11.4 Å². The van der Waals surface area contributed by atoms with Crippen LogP contribution in [0.3, 0.4) is 0 Å². The van der Waals surface area contributed by atoms with E-state index in [2.05, 4.69) is 20.7 Å². The SMILES string of the molecule is CCOc1ccc(NC(=O)Cn2nnc(-c3ccc(OCC)cc3)n2)cc1. The Kier molecular flexibility index (Phi) is 5.98. The van der Waals surface area contributed by atoms with Crippen LogP contribution in [0.15, 0.2) is 48.5 Å². The van der Waals surface area contributed by atoms with Gasteiger partial charge in [-0.3, -0.25) is 4.79 Å². The second-order valence-electron chi connectivity index (χ2n) is 5.61. The first kappa shape index (κ1) is 18.4. The molecule has 0 fully saturated rings. The quantitative estimate of drug-likeness (QED) is 0.658. The van der Waals surface area contributed by atoms with Crippen molar-refractivity contribution in [1.29, 1.82) is 0 Å². The van der Waals surface area contributed by atoms with Crippen LogP contribution in [0.4, 0.5) is 5.69 Å². The number of aromatic nitrogens is 4. The summed E-state index contributed by atoms with van der Waals surface area (Å²) in [6.45, 7) is 5.02. The molecule has 27 heavy (non-hydrogen) atoms. The van der Waals surface area contributed by atoms with Crippen molar-refractivity contribution in [2.45, 2.75) is 20.4 Å². The highest BCUT2D eigenvalue weighted by atomic mass is 16.5. The molecule has 0 saturated heterocycles. The number of carbonyl (C=O) groups excluding carboxylic acids is 1. The smallest absolute Gasteiger partial charge is 0.248 e. The lowest BCUT2D eigenvalue weighted by atomic mass is 10.2. The number of benzene rings is 2. The molecular weight excluding hydrogens is 346 g/mol. The summed E-state index contributed by atoms with van der Waals surface area (Å²) in [5.41, 5.74) is 1.48. The standard InChI is InChI=1S/C19H21N5O3/c1-3-26-16-9-5-14(6-10-16)19-21-23-24(22-19)13-18(25)20-15-7-11-17(12-8-15)27-4-2/h5-12H,3-4,13H2,1-2H3,(H,20,25). The van der Waals surface area contributed by atoms with E-state index in [0.717, 1.165) is 17.1 Å². The van der Waals surface area contributed by atoms with E-state index in [1.807, 2.05) is 38.1 Å². The van der Waals surface area contributed by atoms with Crippen molar-refractivity contribution in [2.75, 3.05) is 18.5 Å². The van der Waals surface area contributed by atoms with E-state index < -0.39 is 0 Å². The lowest BCUT2D eigenvalue weighted by Crippen LogP contribution is -2.20. The zero-order valence-electron chi connectivity index (χ0n) is 15.3. The van der Waals surface area contributed by atoms with Crippen LogP contribution in [-0.4, -0.2) is 39.3 Å². The molecule has 0 unspecified atom stereocenters. The average molecular weight is 367 g/mol. The van der Waals surface area contributed by atoms with Gasteiger partial charge in [0.2, 0.25) is 11.7 Å². The van der Waals surface area contributed by atoms with Crippen LogP contribution in [-0.2, 0) is 11.3 Å². The number of amides is 1. The number of hydrogen-bond acceptors (Lipinski definition) is 6. The molecule has 1 N–H and O–H groups in total. The summed E-state index contributed by atoms with van der Waals surface area (Å²) in [5.74, 6) is 1.75. The number of anilines is 1. The number of nitrogens with zero attached hydrogens (tertiary/aromatic N) is 4. The van der Waals surface area contributed by atoms with E-state index in [9.17, 15) is 4.79 Å². The van der Waals surface area contributed by atoms with Gasteiger partial charge in [0.25, 0.3) is 0 Å². The minimum absolute atomic E-state index is 0.0305. The average Bonchev–Trinajstić information content (AvgIpc) is 3.13. The molecule has 0 aliphatic carbocycles. The zero-order chi connectivity index (χ0) is 19.1. The fourth-order valence-electron chi connectivity index (χ4n) is 2.42. The monoisotopic (exact) mass is 367 g/mol. The van der Waals surface area contributed by atoms with Crippen molar-refractivity contribution in [2.24, 2.45) is 0 Å². The van der Waals surface area contributed by atoms with E-state index in [-0.39, 0.29) is 12.5 Å². The molecule has 0 radical (unpaired) electrons. The summed E-state index contributed by atoms with van der Waals surface area (Å²) < 4.78 is 10.8. The van der Waals surface area contributed by atoms with Crippen molar-refractivity contribution >= 4 is 11.6 Å². The highest BCUT2D eigenvalue weighted by molar-refractivity contribution is 5.90. The third kappa shape index (κ3) is 5.04. The van der Waals surface area contributed by atoms with Gasteiger partial charge in [0.15, 0.2) is 0 Å². The second kappa shape index (κ2) is 8.79. The fourth-order valence-corrected chi connectivity index (χ4v) is 2.42. The molecule has 0 aliphatic rings. The third-order valence-corrected chi connectivity index (χ3v) is 3.61. The third-order valence-electron chi connectivity index (χ3n) is 3.61. The second-order valence-corrected chi connectivity index (χ2v) is 5.61. The van der Waals surface area contributed by atoms with Gasteiger partial charge in [-0.25, -0.2) is 0 Å². The number of rotatable bonds is 8. The molecule has 1 amide bonds. The van der Waals surface area contributed by atoms with Gasteiger partial charge in [0.1, 0.15) is 18.0 Å². The summed E-state index contributed by atoms with van der Waals surface area (Å²) in [5, 5.41) is 15.0. The Balaban J connectivity index is 1.58. The topological polar surface area (TPSA) is 91.2 Å². The summed E-state index contributed by atoms with van der Waals surface area (Å²) in [4.78, 5) is 13.4. The first-order valence-electron chi connectivity index (χ1n) is 8.71. The van der Waals surface area contributed by atoms with Crippen LogP contribution in [0.5, 0.6) is 11.5 Å². The Morgan fingerprint density at radius 1 is 0.963 bits per heavy atom. The number of hydrogen-bond donors (Lipinski definition) is 1. The van der Waals surface area contributed by atoms with Crippen molar-refractivity contribution in [1.82, 2.24) is 20.2 Å². The number of carbonyl (C=O) groups is 1. The summed E-state index contributed by atoms with van der Waals surface area (Å²) in [6, 6.07) is 14.6. The Morgan fingerprint density at radius 3 is 2.15 bits per heavy atom. The molecule has 0 atom stereocenters. The van der Waals surface area contributed by atoms with Crippen LogP contribution < -0.4 is 14.8 Å². The normalized spacial score (nSPS) is 10.4. The van der Waals surface area contributed by atoms with E-state index in [4.69, 9.17) is 9.47 Å². The maximum absolute atomic E-state index is 12.2. The van der Waals surface area contributed by atoms with E-state index in [1.54, 1.807) is 24.3 Å². The predicted octanol–water partition coefficient (Wildman–Crippen LogP) is 2.78. The zero-order valence-corrected chi connectivity index (χ0v) is 15.3. The van der Waals surface area contributed by atoms with E-state index in [1.165, 1.54) is 4.80 Å². The molecule has 0 saturated carbocycles. The first-order chi connectivity index (χ1) is 13.2. The highest BCUT2D eigenvalue weighted by Gasteiger charge is 2.10. The van der Waals surface area contributed by atoms with E-state index in [0.29, 0.717) is 24.7 Å². The molecule has 3 aromatic rings. The van der Waals surface area contributed by atoms with Gasteiger partial charge < -0.3 is 14.8 Å². The maximum atomic E-state index is 12.2. The molecule has 3 rings (SSSR count). The van der Waals surface area contributed by atoms with Crippen molar-refractivity contribution in [3.8, 4) is 22.9 Å². The molecule has 1 heterocycles. The van der Waals surface area contributed by atoms with Gasteiger partial charge in [-0.1, -0.05) is 0 Å². The van der Waals surface area contributed by atoms with Crippen LogP contribution in [0.1, 0.15) is 13.8 Å². The first-order valence-corrected chi connectivity index (χ1v) is 8.71. The van der Waals surface area contributed by atoms with Crippen LogP contribution >= 0.6 is 0 Å². The molecule has 0 spiro atoms. The molecular formula is C19H21N5O3. The van der Waals surface area contributed by atoms with Crippen LogP contribution in [0.2, 0.25) is 0 Å². The molecule has 0 bridgehead atoms. The highest BCUT2D eigenvalue weighted by Crippen LogP contribution is 2.19. The Bertz CT molecular complexity index is 875. The van der Waals surface area contributed by atoms with Gasteiger partial charge in [-0.15, -0.1) is 10.2 Å². The summed E-state index contributed by atoms with van der Waals surface area (Å²) >= 11 is 0. The fraction of sp³-hybridized carbons (Fsp3) is 0.263. The minimum Gasteiger partial charge on any atom is -0.494 e. The number of tetrazole rings is 1. The number of nitrogens with one attached hydrogen (secondary N) is 1. The minimum atomic E-state index is -0.241. The lowest BCUT2D eigenvalue weighted by Gasteiger charge is -2.06. The number of ether oxygens (including phenoxy) is 2. The summed E-state index contributed by atoms with van der Waals surface area (Å²) in [6.07, 6.45) is 0. The Labute approximate surface area is 157 Å². The summed E-state index contributed by atoms with van der Waals surface area (Å²) in [7, 11) is 0. The van der Waals surface area contributed by atoms with Crippen molar-refractivity contribution in [3.05, 3.63) is 48.5 Å². The van der Waals surface area contributed by atoms with E-state index >= 15 is 0 Å². The van der Waals surface area contributed by atoms with Gasteiger partial charge in [0, 0.05) is 11.3 Å². The van der Waals surface area contributed by atoms with Gasteiger partial charge in [-0.2, -0.15) is 4.80 Å². The van der Waals surface area contributed by atoms with Gasteiger partial charge in [0.05, 0.1) is 13.2 Å². The lowest BCUT2D eigenvalue weighted by molar-refractivity contribution is -0.117. The molecule has 8 nitrogen and oxygen atoms in total. The Morgan fingerprint density at radius 2 is 1.56 bits per heavy atom. The molecule has 0 aliphatic heterocycles. The van der Waals surface area contributed by atoms with Crippen molar-refractivity contribution < 1.29 is 14.3 Å². The van der Waals surface area contributed by atoms with Gasteiger partial charge in [-0.05, 0) is 67.6 Å². The largest absolute Gasteiger partial charge is 0.494 e. The maximum Gasteiger partial charge on any atom is 0.248 e. The van der Waals surface area contributed by atoms with Crippen LogP contribution in [0, 0.1) is 0 Å². The predicted molar refractivity (Wildman–Crippen MR) is 101 cm³/mol. The molecule has 8 heteroatoms.